The summed E-state index contributed by atoms with van der Waals surface area (Å²) in [5, 5.41) is 2.21. The summed E-state index contributed by atoms with van der Waals surface area (Å²) in [6.07, 6.45) is 0. The van der Waals surface area contributed by atoms with Crippen LogP contribution in [0.5, 0.6) is 5.75 Å². The molecule has 0 radical (unpaired) electrons. The number of nitrogen functional groups attached to an aromatic ring is 1. The molecule has 0 amide bonds. The molecule has 0 fully saturated rings. The number of nitrogens with two attached hydrogens (primary N) is 1. The third-order valence-corrected chi connectivity index (χ3v) is 2.08. The van der Waals surface area contributed by atoms with E-state index < -0.39 is 0 Å². The molecular weight excluding hydrogens is 162 g/mol. The third-order valence-electron chi connectivity index (χ3n) is 2.08. The lowest BCUT2D eigenvalue weighted by molar-refractivity contribution is 0.420. The van der Waals surface area contributed by atoms with Gasteiger partial charge in [0.1, 0.15) is 5.75 Å². The van der Waals surface area contributed by atoms with Gasteiger partial charge in [-0.05, 0) is 29.7 Å². The van der Waals surface area contributed by atoms with Crippen LogP contribution < -0.4 is 10.5 Å². The van der Waals surface area contributed by atoms with Crippen LogP contribution in [-0.2, 0) is 0 Å². The van der Waals surface area contributed by atoms with Gasteiger partial charge in [0.05, 0.1) is 7.11 Å². The number of hydrogen-bond acceptors (Lipinski definition) is 2. The molecule has 0 saturated carbocycles. The van der Waals surface area contributed by atoms with Crippen molar-refractivity contribution in [3.05, 3.63) is 36.4 Å². The van der Waals surface area contributed by atoms with Crippen LogP contribution in [0.4, 0.5) is 5.69 Å². The van der Waals surface area contributed by atoms with Crippen molar-refractivity contribution in [3.8, 4) is 5.75 Å². The molecule has 0 bridgehead atoms. The number of fused-ring (bicyclic) bond motifs is 1. The molecule has 0 aliphatic rings. The molecule has 2 heteroatoms. The highest BCUT2D eigenvalue weighted by molar-refractivity contribution is 5.90. The molecule has 0 spiro atoms. The summed E-state index contributed by atoms with van der Waals surface area (Å²) in [4.78, 5) is 0. The first kappa shape index (κ1) is 7.92. The van der Waals surface area contributed by atoms with E-state index in [0.29, 0.717) is 0 Å². The lowest BCUT2D eigenvalue weighted by atomic mass is 10.1. The van der Waals surface area contributed by atoms with Gasteiger partial charge in [0, 0.05) is 11.1 Å². The number of rotatable bonds is 1. The van der Waals surface area contributed by atoms with Gasteiger partial charge in [0.25, 0.3) is 0 Å². The van der Waals surface area contributed by atoms with Gasteiger partial charge >= 0.3 is 0 Å². The molecule has 2 aromatic carbocycles. The Bertz CT molecular complexity index is 437. The molecule has 2 aromatic rings. The Hall–Kier alpha value is -1.70. The van der Waals surface area contributed by atoms with Crippen molar-refractivity contribution in [3.63, 3.8) is 0 Å². The number of ether oxygens (including phenoxy) is 1. The second kappa shape index (κ2) is 2.98. The van der Waals surface area contributed by atoms with E-state index in [0.717, 1.165) is 22.2 Å². The number of hydrogen-bond donors (Lipinski definition) is 1. The Morgan fingerprint density at radius 1 is 1.15 bits per heavy atom. The lowest BCUT2D eigenvalue weighted by Gasteiger charge is -2.04. The summed E-state index contributed by atoms with van der Waals surface area (Å²) < 4.78 is 5.23. The van der Waals surface area contributed by atoms with Crippen LogP contribution in [0, 0.1) is 0 Å². The summed E-state index contributed by atoms with van der Waals surface area (Å²) in [6, 6.07) is 11.7. The first-order chi connectivity index (χ1) is 6.31. The van der Waals surface area contributed by atoms with Crippen LogP contribution in [0.1, 0.15) is 0 Å². The van der Waals surface area contributed by atoms with E-state index in [1.165, 1.54) is 0 Å². The second-order valence-corrected chi connectivity index (χ2v) is 2.94. The van der Waals surface area contributed by atoms with Crippen LogP contribution in [0.3, 0.4) is 0 Å². The average molecular weight is 173 g/mol. The Balaban J connectivity index is 2.77. The van der Waals surface area contributed by atoms with Gasteiger partial charge < -0.3 is 10.5 Å². The molecule has 0 heterocycles. The zero-order chi connectivity index (χ0) is 9.26. The van der Waals surface area contributed by atoms with Crippen molar-refractivity contribution < 1.29 is 4.74 Å². The lowest BCUT2D eigenvalue weighted by Crippen LogP contribution is -1.87. The van der Waals surface area contributed by atoms with Gasteiger partial charge in [-0.25, -0.2) is 0 Å². The minimum Gasteiger partial charge on any atom is -0.496 e. The van der Waals surface area contributed by atoms with Crippen molar-refractivity contribution >= 4 is 16.5 Å². The Morgan fingerprint density at radius 3 is 2.77 bits per heavy atom. The molecule has 13 heavy (non-hydrogen) atoms. The zero-order valence-corrected chi connectivity index (χ0v) is 7.45. The van der Waals surface area contributed by atoms with Gasteiger partial charge in [-0.3, -0.25) is 0 Å². The Kier molecular flexibility index (Phi) is 1.81. The van der Waals surface area contributed by atoms with Crippen molar-refractivity contribution in [2.24, 2.45) is 0 Å². The molecule has 0 aliphatic carbocycles. The average Bonchev–Trinajstić information content (AvgIpc) is 2.16. The fraction of sp³-hybridized carbons (Fsp3) is 0.0909. The largest absolute Gasteiger partial charge is 0.496 e. The maximum absolute atomic E-state index is 5.67. The fourth-order valence-corrected chi connectivity index (χ4v) is 1.45. The quantitative estimate of drug-likeness (QED) is 0.672. The summed E-state index contributed by atoms with van der Waals surface area (Å²) in [7, 11) is 1.67. The van der Waals surface area contributed by atoms with E-state index in [-0.39, 0.29) is 0 Å². The normalized spacial score (nSPS) is 10.2. The Labute approximate surface area is 76.9 Å². The van der Waals surface area contributed by atoms with Crippen LogP contribution >= 0.6 is 0 Å². The first-order valence-electron chi connectivity index (χ1n) is 4.13. The summed E-state index contributed by atoms with van der Waals surface area (Å²) in [5.74, 6) is 0.887. The molecule has 0 unspecified atom stereocenters. The summed E-state index contributed by atoms with van der Waals surface area (Å²) >= 11 is 0. The van der Waals surface area contributed by atoms with E-state index in [1.807, 2.05) is 36.4 Å². The highest BCUT2D eigenvalue weighted by Gasteiger charge is 1.99. The van der Waals surface area contributed by atoms with Crippen LogP contribution in [0.15, 0.2) is 36.4 Å². The number of anilines is 1. The van der Waals surface area contributed by atoms with Crippen molar-refractivity contribution in [1.29, 1.82) is 0 Å². The van der Waals surface area contributed by atoms with Crippen LogP contribution in [-0.4, -0.2) is 7.11 Å². The molecule has 2 rings (SSSR count). The van der Waals surface area contributed by atoms with Crippen molar-refractivity contribution in [2.45, 2.75) is 0 Å². The van der Waals surface area contributed by atoms with Gasteiger partial charge in [-0.2, -0.15) is 0 Å². The minimum atomic E-state index is 0.778. The van der Waals surface area contributed by atoms with E-state index in [2.05, 4.69) is 0 Å². The molecule has 0 atom stereocenters. The highest BCUT2D eigenvalue weighted by atomic mass is 16.5. The number of methoxy groups -OCH3 is 1. The summed E-state index contributed by atoms with van der Waals surface area (Å²) in [6.45, 7) is 0. The Morgan fingerprint density at radius 2 is 2.00 bits per heavy atom. The maximum Gasteiger partial charge on any atom is 0.126 e. The van der Waals surface area contributed by atoms with Gasteiger partial charge in [-0.1, -0.05) is 12.1 Å². The SMILES string of the molecule is COc1cccc2cc(N)ccc12. The van der Waals surface area contributed by atoms with Crippen molar-refractivity contribution in [1.82, 2.24) is 0 Å². The molecule has 2 N–H and O–H groups in total. The van der Waals surface area contributed by atoms with Gasteiger partial charge in [-0.15, -0.1) is 0 Å². The van der Waals surface area contributed by atoms with E-state index in [9.17, 15) is 0 Å². The van der Waals surface area contributed by atoms with E-state index in [1.54, 1.807) is 7.11 Å². The fourth-order valence-electron chi connectivity index (χ4n) is 1.45. The third kappa shape index (κ3) is 1.31. The predicted molar refractivity (Wildman–Crippen MR) is 54.9 cm³/mol. The molecular formula is C11H11NO. The standard InChI is InChI=1S/C11H11NO/c1-13-11-4-2-3-8-7-9(12)5-6-10(8)11/h2-7H,12H2,1H3. The molecule has 0 aromatic heterocycles. The van der Waals surface area contributed by atoms with Gasteiger partial charge in [0.2, 0.25) is 0 Å². The maximum atomic E-state index is 5.67. The zero-order valence-electron chi connectivity index (χ0n) is 7.45. The molecule has 0 aliphatic heterocycles. The predicted octanol–water partition coefficient (Wildman–Crippen LogP) is 2.43. The summed E-state index contributed by atoms with van der Waals surface area (Å²) in [5.41, 5.74) is 6.45. The molecule has 0 saturated heterocycles. The van der Waals surface area contributed by atoms with Crippen molar-refractivity contribution in [2.75, 3.05) is 12.8 Å². The minimum absolute atomic E-state index is 0.778. The van der Waals surface area contributed by atoms with Crippen LogP contribution in [0.2, 0.25) is 0 Å². The van der Waals surface area contributed by atoms with Gasteiger partial charge in [0.15, 0.2) is 0 Å². The monoisotopic (exact) mass is 173 g/mol. The topological polar surface area (TPSA) is 35.2 Å². The van der Waals surface area contributed by atoms with E-state index >= 15 is 0 Å². The van der Waals surface area contributed by atoms with Crippen LogP contribution in [0.25, 0.3) is 10.8 Å². The molecule has 66 valence electrons. The smallest absolute Gasteiger partial charge is 0.126 e. The van der Waals surface area contributed by atoms with E-state index in [4.69, 9.17) is 10.5 Å². The highest BCUT2D eigenvalue weighted by Crippen LogP contribution is 2.26. The molecule has 2 nitrogen and oxygen atoms in total. The first-order valence-corrected chi connectivity index (χ1v) is 4.13. The second-order valence-electron chi connectivity index (χ2n) is 2.94. The number of benzene rings is 2.